The number of para-hydroxylation sites is 1. The topological polar surface area (TPSA) is 58.3 Å². The molecule has 0 saturated carbocycles. The lowest BCUT2D eigenvalue weighted by Gasteiger charge is -2.22. The van der Waals surface area contributed by atoms with Gasteiger partial charge in [0.1, 0.15) is 12.1 Å². The number of aliphatic imine (C=N–C) groups is 1. The Kier molecular flexibility index (Phi) is 4.16. The fraction of sp³-hybridized carbons (Fsp3) is 0.211. The molecule has 1 N–H and O–H groups in total. The molecule has 1 aliphatic heterocycles. The smallest absolute Gasteiger partial charge is 0.198 e. The lowest BCUT2D eigenvalue weighted by atomic mass is 10.2. The van der Waals surface area contributed by atoms with E-state index in [9.17, 15) is 0 Å². The Labute approximate surface area is 146 Å². The molecule has 0 radical (unpaired) electrons. The van der Waals surface area contributed by atoms with Crippen molar-refractivity contribution in [1.29, 1.82) is 0 Å². The first-order chi connectivity index (χ1) is 12.3. The van der Waals surface area contributed by atoms with E-state index in [2.05, 4.69) is 55.5 Å². The van der Waals surface area contributed by atoms with Crippen molar-refractivity contribution in [2.75, 3.05) is 18.5 Å². The van der Waals surface area contributed by atoms with Crippen LogP contribution in [0.1, 0.15) is 11.1 Å². The second-order valence-corrected chi connectivity index (χ2v) is 5.93. The number of aromatic nitrogens is 3. The molecule has 0 unspecified atom stereocenters. The van der Waals surface area contributed by atoms with Gasteiger partial charge in [-0.2, -0.15) is 0 Å². The standard InChI is InChI=1S/C19H20N6/c1-20-19(25-10-8-16-4-2-3-5-17(16)25)23-13-15-6-7-18(22-12-15)24-11-9-21-14-24/h2-7,9,11-12,14H,8,10,13H2,1H3,(H,20,23). The lowest BCUT2D eigenvalue weighted by molar-refractivity contribution is 0.858. The van der Waals surface area contributed by atoms with Crippen LogP contribution in [0, 0.1) is 0 Å². The fourth-order valence-corrected chi connectivity index (χ4v) is 3.10. The SMILES string of the molecule is CN=C(NCc1ccc(-n2ccnc2)nc1)N1CCc2ccccc21. The number of guanidine groups is 1. The highest BCUT2D eigenvalue weighted by Gasteiger charge is 2.22. The van der Waals surface area contributed by atoms with Crippen LogP contribution in [0.4, 0.5) is 5.69 Å². The van der Waals surface area contributed by atoms with Gasteiger partial charge in [-0.1, -0.05) is 24.3 Å². The summed E-state index contributed by atoms with van der Waals surface area (Å²) < 4.78 is 1.89. The molecule has 0 spiro atoms. The van der Waals surface area contributed by atoms with Gasteiger partial charge in [0.15, 0.2) is 5.96 Å². The normalized spacial score (nSPS) is 13.8. The quantitative estimate of drug-likeness (QED) is 0.591. The Balaban J connectivity index is 1.44. The average molecular weight is 332 g/mol. The zero-order valence-electron chi connectivity index (χ0n) is 14.1. The number of nitrogens with zero attached hydrogens (tertiary/aromatic N) is 5. The zero-order chi connectivity index (χ0) is 17.1. The minimum atomic E-state index is 0.683. The van der Waals surface area contributed by atoms with Crippen LogP contribution in [0.5, 0.6) is 0 Å². The number of imidazole rings is 1. The van der Waals surface area contributed by atoms with Gasteiger partial charge in [0, 0.05) is 44.4 Å². The number of nitrogens with one attached hydrogen (secondary N) is 1. The van der Waals surface area contributed by atoms with E-state index in [0.717, 1.165) is 30.3 Å². The van der Waals surface area contributed by atoms with Crippen LogP contribution in [0.25, 0.3) is 5.82 Å². The van der Waals surface area contributed by atoms with Crippen molar-refractivity contribution in [3.63, 3.8) is 0 Å². The molecule has 0 atom stereocenters. The zero-order valence-corrected chi connectivity index (χ0v) is 14.1. The Morgan fingerprint density at radius 3 is 2.92 bits per heavy atom. The largest absolute Gasteiger partial charge is 0.352 e. The molecular weight excluding hydrogens is 312 g/mol. The number of fused-ring (bicyclic) bond motifs is 1. The molecule has 0 saturated heterocycles. The first-order valence-electron chi connectivity index (χ1n) is 8.34. The molecule has 0 amide bonds. The molecule has 1 aliphatic rings. The molecule has 3 aromatic rings. The maximum Gasteiger partial charge on any atom is 0.198 e. The van der Waals surface area contributed by atoms with Gasteiger partial charge in [-0.3, -0.25) is 9.56 Å². The molecule has 4 rings (SSSR count). The summed E-state index contributed by atoms with van der Waals surface area (Å²) in [5, 5.41) is 3.44. The highest BCUT2D eigenvalue weighted by molar-refractivity contribution is 5.97. The highest BCUT2D eigenvalue weighted by Crippen LogP contribution is 2.27. The summed E-state index contributed by atoms with van der Waals surface area (Å²) in [5.74, 6) is 1.75. The van der Waals surface area contributed by atoms with E-state index < -0.39 is 0 Å². The minimum absolute atomic E-state index is 0.683. The fourth-order valence-electron chi connectivity index (χ4n) is 3.10. The molecule has 6 heteroatoms. The molecule has 1 aromatic carbocycles. The monoisotopic (exact) mass is 332 g/mol. The van der Waals surface area contributed by atoms with Gasteiger partial charge in [0.05, 0.1) is 0 Å². The summed E-state index contributed by atoms with van der Waals surface area (Å²) in [6, 6.07) is 12.6. The van der Waals surface area contributed by atoms with Gasteiger partial charge >= 0.3 is 0 Å². The molecule has 0 bridgehead atoms. The van der Waals surface area contributed by atoms with Crippen molar-refractivity contribution < 1.29 is 0 Å². The van der Waals surface area contributed by atoms with Crippen molar-refractivity contribution in [2.24, 2.45) is 4.99 Å². The minimum Gasteiger partial charge on any atom is -0.352 e. The second-order valence-electron chi connectivity index (χ2n) is 5.93. The Morgan fingerprint density at radius 1 is 1.24 bits per heavy atom. The average Bonchev–Trinajstić information content (AvgIpc) is 3.33. The molecule has 0 fully saturated rings. The van der Waals surface area contributed by atoms with Crippen LogP contribution in [0.15, 0.2) is 66.3 Å². The Morgan fingerprint density at radius 2 is 2.16 bits per heavy atom. The van der Waals surface area contributed by atoms with Crippen LogP contribution in [-0.2, 0) is 13.0 Å². The van der Waals surface area contributed by atoms with Crippen LogP contribution in [0.3, 0.4) is 0 Å². The van der Waals surface area contributed by atoms with Crippen molar-refractivity contribution >= 4 is 11.6 Å². The first kappa shape index (κ1) is 15.4. The van der Waals surface area contributed by atoms with Crippen LogP contribution in [0.2, 0.25) is 0 Å². The number of benzene rings is 1. The van der Waals surface area contributed by atoms with E-state index in [4.69, 9.17) is 0 Å². The molecule has 0 aliphatic carbocycles. The number of anilines is 1. The van der Waals surface area contributed by atoms with Gasteiger partial charge in [-0.05, 0) is 29.7 Å². The molecule has 25 heavy (non-hydrogen) atoms. The maximum atomic E-state index is 4.49. The predicted octanol–water partition coefficient (Wildman–Crippen LogP) is 2.41. The summed E-state index contributed by atoms with van der Waals surface area (Å²) in [6.07, 6.45) is 8.31. The van der Waals surface area contributed by atoms with E-state index >= 15 is 0 Å². The van der Waals surface area contributed by atoms with Crippen molar-refractivity contribution in [2.45, 2.75) is 13.0 Å². The van der Waals surface area contributed by atoms with Crippen molar-refractivity contribution in [1.82, 2.24) is 19.9 Å². The lowest BCUT2D eigenvalue weighted by Crippen LogP contribution is -2.40. The van der Waals surface area contributed by atoms with E-state index in [1.807, 2.05) is 30.1 Å². The summed E-state index contributed by atoms with van der Waals surface area (Å²) in [7, 11) is 1.82. The van der Waals surface area contributed by atoms with E-state index in [-0.39, 0.29) is 0 Å². The summed E-state index contributed by atoms with van der Waals surface area (Å²) in [5.41, 5.74) is 3.72. The van der Waals surface area contributed by atoms with Crippen LogP contribution in [-0.4, -0.2) is 34.1 Å². The van der Waals surface area contributed by atoms with Crippen LogP contribution < -0.4 is 10.2 Å². The van der Waals surface area contributed by atoms with Gasteiger partial charge in [-0.15, -0.1) is 0 Å². The Bertz CT molecular complexity index is 867. The molecular formula is C19H20N6. The molecule has 126 valence electrons. The van der Waals surface area contributed by atoms with Gasteiger partial charge in [0.2, 0.25) is 0 Å². The molecule has 2 aromatic heterocycles. The molecule has 6 nitrogen and oxygen atoms in total. The third-order valence-corrected chi connectivity index (χ3v) is 4.38. The first-order valence-corrected chi connectivity index (χ1v) is 8.34. The number of rotatable bonds is 3. The Hall–Kier alpha value is -3.15. The van der Waals surface area contributed by atoms with Crippen molar-refractivity contribution in [3.05, 3.63) is 72.4 Å². The summed E-state index contributed by atoms with van der Waals surface area (Å²) in [6.45, 7) is 1.64. The number of pyridine rings is 1. The van der Waals surface area contributed by atoms with Crippen molar-refractivity contribution in [3.8, 4) is 5.82 Å². The summed E-state index contributed by atoms with van der Waals surface area (Å²) >= 11 is 0. The summed E-state index contributed by atoms with van der Waals surface area (Å²) in [4.78, 5) is 15.2. The van der Waals surface area contributed by atoms with Gasteiger partial charge in [-0.25, -0.2) is 9.97 Å². The third kappa shape index (κ3) is 3.10. The van der Waals surface area contributed by atoms with Gasteiger partial charge < -0.3 is 10.2 Å². The maximum absolute atomic E-state index is 4.49. The number of hydrogen-bond donors (Lipinski definition) is 1. The highest BCUT2D eigenvalue weighted by atomic mass is 15.3. The third-order valence-electron chi connectivity index (χ3n) is 4.38. The second kappa shape index (κ2) is 6.76. The van der Waals surface area contributed by atoms with E-state index in [1.165, 1.54) is 11.3 Å². The van der Waals surface area contributed by atoms with E-state index in [1.54, 1.807) is 12.5 Å². The van der Waals surface area contributed by atoms with E-state index in [0.29, 0.717) is 6.54 Å². The predicted molar refractivity (Wildman–Crippen MR) is 99.0 cm³/mol. The van der Waals surface area contributed by atoms with Crippen LogP contribution >= 0.6 is 0 Å². The van der Waals surface area contributed by atoms with Gasteiger partial charge in [0.25, 0.3) is 0 Å². The number of hydrogen-bond acceptors (Lipinski definition) is 3. The molecule has 3 heterocycles.